The molecule has 1 aromatic rings. The fraction of sp³-hybridized carbons (Fsp3) is 0.750. The molecule has 0 bridgehead atoms. The standard InChI is InChI=1S/C20H36N4O2S/c1-7-9-11-17(8-2)19(26)24(13-10-12-23(5)6)14-18(25)22-20-21-15(3)16(4)27-20/h17H,7-14H2,1-6H3,(H,21,22,25)/p+1/t17-/m0/s1. The van der Waals surface area contributed by atoms with Crippen molar-refractivity contribution in [3.8, 4) is 0 Å². The molecular weight excluding hydrogens is 360 g/mol. The van der Waals surface area contributed by atoms with E-state index in [2.05, 4.69) is 38.2 Å². The number of thiazole rings is 1. The number of rotatable bonds is 12. The van der Waals surface area contributed by atoms with Crippen LogP contribution in [0, 0.1) is 19.8 Å². The lowest BCUT2D eigenvalue weighted by Crippen LogP contribution is -3.05. The van der Waals surface area contributed by atoms with Crippen molar-refractivity contribution in [2.24, 2.45) is 5.92 Å². The molecule has 1 rings (SSSR count). The minimum absolute atomic E-state index is 0.00815. The molecule has 7 heteroatoms. The molecule has 1 atom stereocenters. The minimum Gasteiger partial charge on any atom is -0.340 e. The Kier molecular flexibility index (Phi) is 10.5. The lowest BCUT2D eigenvalue weighted by Gasteiger charge is -2.26. The Morgan fingerprint density at radius 3 is 2.44 bits per heavy atom. The van der Waals surface area contributed by atoms with E-state index in [1.807, 2.05) is 13.8 Å². The fourth-order valence-electron chi connectivity index (χ4n) is 2.96. The van der Waals surface area contributed by atoms with Crippen molar-refractivity contribution in [1.82, 2.24) is 9.88 Å². The number of quaternary nitrogens is 1. The average molecular weight is 398 g/mol. The molecule has 0 aliphatic heterocycles. The van der Waals surface area contributed by atoms with E-state index in [0.717, 1.165) is 49.2 Å². The van der Waals surface area contributed by atoms with Gasteiger partial charge in [0.05, 0.1) is 32.9 Å². The van der Waals surface area contributed by atoms with Gasteiger partial charge in [-0.25, -0.2) is 4.98 Å². The van der Waals surface area contributed by atoms with Crippen LogP contribution in [0.4, 0.5) is 5.13 Å². The average Bonchev–Trinajstić information content (AvgIpc) is 2.91. The van der Waals surface area contributed by atoms with Gasteiger partial charge in [0, 0.05) is 23.8 Å². The number of hydrogen-bond acceptors (Lipinski definition) is 4. The smallest absolute Gasteiger partial charge is 0.245 e. The second kappa shape index (κ2) is 12.1. The maximum Gasteiger partial charge on any atom is 0.245 e. The van der Waals surface area contributed by atoms with Gasteiger partial charge in [-0.15, -0.1) is 11.3 Å². The van der Waals surface area contributed by atoms with Crippen LogP contribution in [0.2, 0.25) is 0 Å². The van der Waals surface area contributed by atoms with Crippen LogP contribution in [-0.4, -0.2) is 55.4 Å². The third-order valence-corrected chi connectivity index (χ3v) is 5.76. The molecule has 1 heterocycles. The number of hydrogen-bond donors (Lipinski definition) is 2. The van der Waals surface area contributed by atoms with E-state index in [9.17, 15) is 9.59 Å². The van der Waals surface area contributed by atoms with Gasteiger partial charge in [-0.1, -0.05) is 26.7 Å². The predicted octanol–water partition coefficient (Wildman–Crippen LogP) is 2.28. The minimum atomic E-state index is -0.167. The molecule has 0 unspecified atom stereocenters. The van der Waals surface area contributed by atoms with Gasteiger partial charge in [-0.05, 0) is 26.7 Å². The summed E-state index contributed by atoms with van der Waals surface area (Å²) in [6, 6.07) is 0. The molecule has 0 fully saturated rings. The van der Waals surface area contributed by atoms with Crippen molar-refractivity contribution >= 4 is 28.3 Å². The number of nitrogens with one attached hydrogen (secondary N) is 2. The van der Waals surface area contributed by atoms with Crippen molar-refractivity contribution in [2.75, 3.05) is 39.0 Å². The Bertz CT molecular complexity index is 581. The van der Waals surface area contributed by atoms with Crippen LogP contribution >= 0.6 is 11.3 Å². The number of nitrogens with zero attached hydrogens (tertiary/aromatic N) is 2. The number of unbranched alkanes of at least 4 members (excludes halogenated alkanes) is 1. The zero-order valence-corrected chi connectivity index (χ0v) is 18.7. The third-order valence-electron chi connectivity index (χ3n) is 4.77. The quantitative estimate of drug-likeness (QED) is 0.569. The molecular formula is C20H37N4O2S+. The number of amides is 2. The first kappa shape index (κ1) is 23.6. The van der Waals surface area contributed by atoms with Gasteiger partial charge >= 0.3 is 0 Å². The molecule has 2 N–H and O–H groups in total. The van der Waals surface area contributed by atoms with Crippen LogP contribution in [0.3, 0.4) is 0 Å². The molecule has 0 aliphatic rings. The highest BCUT2D eigenvalue weighted by Crippen LogP contribution is 2.21. The SMILES string of the molecule is CCCC[C@H](CC)C(=O)N(CCC[NH+](C)C)CC(=O)Nc1nc(C)c(C)s1. The van der Waals surface area contributed by atoms with Crippen molar-refractivity contribution in [3.05, 3.63) is 10.6 Å². The van der Waals surface area contributed by atoms with Crippen LogP contribution in [-0.2, 0) is 9.59 Å². The first-order valence-electron chi connectivity index (χ1n) is 10.1. The Labute approximate surface area is 168 Å². The summed E-state index contributed by atoms with van der Waals surface area (Å²) >= 11 is 1.47. The van der Waals surface area contributed by atoms with E-state index in [1.165, 1.54) is 16.2 Å². The van der Waals surface area contributed by atoms with E-state index < -0.39 is 0 Å². The summed E-state index contributed by atoms with van der Waals surface area (Å²) in [5, 5.41) is 3.47. The van der Waals surface area contributed by atoms with Crippen LogP contribution in [0.1, 0.15) is 56.5 Å². The maximum atomic E-state index is 13.0. The lowest BCUT2D eigenvalue weighted by atomic mass is 9.97. The van der Waals surface area contributed by atoms with Crippen molar-refractivity contribution in [2.45, 2.75) is 59.8 Å². The number of carbonyl (C=O) groups is 2. The first-order valence-corrected chi connectivity index (χ1v) is 10.9. The third kappa shape index (κ3) is 8.39. The molecule has 0 aliphatic carbocycles. The van der Waals surface area contributed by atoms with Gasteiger partial charge < -0.3 is 15.1 Å². The molecule has 2 amide bonds. The Morgan fingerprint density at radius 2 is 1.93 bits per heavy atom. The summed E-state index contributed by atoms with van der Waals surface area (Å²) in [5.41, 5.74) is 0.933. The maximum absolute atomic E-state index is 13.0. The molecule has 0 aromatic carbocycles. The van der Waals surface area contributed by atoms with Gasteiger partial charge in [-0.2, -0.15) is 0 Å². The molecule has 0 radical (unpaired) electrons. The van der Waals surface area contributed by atoms with Crippen molar-refractivity contribution < 1.29 is 14.5 Å². The van der Waals surface area contributed by atoms with Crippen molar-refractivity contribution in [3.63, 3.8) is 0 Å². The van der Waals surface area contributed by atoms with Gasteiger partial charge in [-0.3, -0.25) is 9.59 Å². The Balaban J connectivity index is 2.76. The van der Waals surface area contributed by atoms with Gasteiger partial charge in [0.15, 0.2) is 5.13 Å². The highest BCUT2D eigenvalue weighted by atomic mass is 32.1. The summed E-state index contributed by atoms with van der Waals surface area (Å²) < 4.78 is 0. The topological polar surface area (TPSA) is 66.7 Å². The number of aryl methyl sites for hydroxylation is 2. The monoisotopic (exact) mass is 397 g/mol. The molecule has 6 nitrogen and oxygen atoms in total. The van der Waals surface area contributed by atoms with E-state index in [4.69, 9.17) is 0 Å². The van der Waals surface area contributed by atoms with E-state index in [1.54, 1.807) is 4.90 Å². The van der Waals surface area contributed by atoms with Gasteiger partial charge in [0.1, 0.15) is 0 Å². The van der Waals surface area contributed by atoms with Crippen LogP contribution in [0.5, 0.6) is 0 Å². The number of aromatic nitrogens is 1. The molecule has 154 valence electrons. The molecule has 27 heavy (non-hydrogen) atoms. The van der Waals surface area contributed by atoms with E-state index in [0.29, 0.717) is 11.7 Å². The Morgan fingerprint density at radius 1 is 1.22 bits per heavy atom. The number of anilines is 1. The van der Waals surface area contributed by atoms with Gasteiger partial charge in [0.25, 0.3) is 0 Å². The molecule has 1 aromatic heterocycles. The predicted molar refractivity (Wildman–Crippen MR) is 112 cm³/mol. The second-order valence-electron chi connectivity index (χ2n) is 7.53. The largest absolute Gasteiger partial charge is 0.340 e. The van der Waals surface area contributed by atoms with E-state index in [-0.39, 0.29) is 24.3 Å². The summed E-state index contributed by atoms with van der Waals surface area (Å²) in [6.07, 6.45) is 4.73. The molecule has 0 saturated heterocycles. The van der Waals surface area contributed by atoms with Crippen LogP contribution in [0.25, 0.3) is 0 Å². The summed E-state index contributed by atoms with van der Waals surface area (Å²) in [5.74, 6) is -0.0465. The second-order valence-corrected chi connectivity index (χ2v) is 8.73. The summed E-state index contributed by atoms with van der Waals surface area (Å²) in [7, 11) is 4.20. The summed E-state index contributed by atoms with van der Waals surface area (Å²) in [4.78, 5) is 34.1. The van der Waals surface area contributed by atoms with Crippen LogP contribution in [0.15, 0.2) is 0 Å². The first-order chi connectivity index (χ1) is 12.8. The molecule has 0 spiro atoms. The van der Waals surface area contributed by atoms with Crippen molar-refractivity contribution in [1.29, 1.82) is 0 Å². The Hall–Kier alpha value is -1.47. The highest BCUT2D eigenvalue weighted by molar-refractivity contribution is 7.15. The fourth-order valence-corrected chi connectivity index (χ4v) is 3.79. The van der Waals surface area contributed by atoms with E-state index >= 15 is 0 Å². The molecule has 0 saturated carbocycles. The van der Waals surface area contributed by atoms with Gasteiger partial charge in [0.2, 0.25) is 11.8 Å². The lowest BCUT2D eigenvalue weighted by molar-refractivity contribution is -0.858. The zero-order valence-electron chi connectivity index (χ0n) is 17.9. The highest BCUT2D eigenvalue weighted by Gasteiger charge is 2.24. The summed E-state index contributed by atoms with van der Waals surface area (Å²) in [6.45, 7) is 9.81. The van der Waals surface area contributed by atoms with Crippen LogP contribution < -0.4 is 10.2 Å². The zero-order chi connectivity index (χ0) is 20.4. The normalized spacial score (nSPS) is 12.3. The number of carbonyl (C=O) groups excluding carboxylic acids is 2.